The van der Waals surface area contributed by atoms with E-state index in [1.807, 2.05) is 25.1 Å². The molecule has 3 rings (SSSR count). The van der Waals surface area contributed by atoms with Gasteiger partial charge in [0.15, 0.2) is 6.61 Å². The molecule has 2 amide bonds. The van der Waals surface area contributed by atoms with Gasteiger partial charge in [0.1, 0.15) is 17.4 Å². The maximum atomic E-state index is 12.4. The van der Waals surface area contributed by atoms with Gasteiger partial charge in [-0.3, -0.25) is 9.59 Å². The molecule has 3 aromatic carbocycles. The van der Waals surface area contributed by atoms with Crippen molar-refractivity contribution in [3.63, 3.8) is 0 Å². The molecule has 6 nitrogen and oxygen atoms in total. The van der Waals surface area contributed by atoms with Crippen molar-refractivity contribution in [2.45, 2.75) is 6.92 Å². The highest BCUT2D eigenvalue weighted by atomic mass is 35.5. The Morgan fingerprint density at radius 2 is 1.76 bits per heavy atom. The average Bonchev–Trinajstić information content (AvgIpc) is 2.78. The Bertz CT molecular complexity index is 1250. The van der Waals surface area contributed by atoms with Crippen LogP contribution in [0.2, 0.25) is 10.0 Å². The van der Waals surface area contributed by atoms with Gasteiger partial charge in [0.25, 0.3) is 11.8 Å². The van der Waals surface area contributed by atoms with E-state index < -0.39 is 5.91 Å². The molecule has 0 aromatic heterocycles. The lowest BCUT2D eigenvalue weighted by Crippen LogP contribution is -2.20. The van der Waals surface area contributed by atoms with Gasteiger partial charge in [-0.25, -0.2) is 0 Å². The molecule has 0 heterocycles. The number of carbonyl (C=O) groups excluding carboxylic acids is 2. The largest absolute Gasteiger partial charge is 0.482 e. The third kappa shape index (κ3) is 7.11. The predicted octanol–water partition coefficient (Wildman–Crippen LogP) is 5.87. The second-order valence-corrected chi connectivity index (χ2v) is 7.87. The van der Waals surface area contributed by atoms with E-state index in [-0.39, 0.29) is 23.1 Å². The first-order valence-corrected chi connectivity index (χ1v) is 10.6. The zero-order chi connectivity index (χ0) is 23.8. The number of halogens is 2. The number of carbonyl (C=O) groups is 2. The highest BCUT2D eigenvalue weighted by molar-refractivity contribution is 6.32. The van der Waals surface area contributed by atoms with Gasteiger partial charge in [-0.1, -0.05) is 41.4 Å². The summed E-state index contributed by atoms with van der Waals surface area (Å²) in [6, 6.07) is 20.6. The van der Waals surface area contributed by atoms with Crippen LogP contribution in [-0.4, -0.2) is 18.4 Å². The molecule has 0 aliphatic heterocycles. The molecule has 0 atom stereocenters. The van der Waals surface area contributed by atoms with Crippen molar-refractivity contribution in [2.75, 3.05) is 17.2 Å². The van der Waals surface area contributed by atoms with Crippen LogP contribution in [0.25, 0.3) is 6.08 Å². The van der Waals surface area contributed by atoms with Gasteiger partial charge in [0.2, 0.25) is 0 Å². The first kappa shape index (κ1) is 23.9. The number of ether oxygens (including phenoxy) is 1. The van der Waals surface area contributed by atoms with Crippen LogP contribution in [0.3, 0.4) is 0 Å². The topological polar surface area (TPSA) is 91.2 Å². The standard InChI is InChI=1S/C25H19Cl2N3O3/c1-16-3-2-4-21(11-16)30-25(32)18(14-28)12-17-5-10-23(22(27)13-17)33-15-24(31)29-20-8-6-19(26)7-9-20/h2-13H,15H2,1H3,(H,29,31)(H,30,32)/b18-12+. The van der Waals surface area contributed by atoms with Gasteiger partial charge < -0.3 is 15.4 Å². The molecule has 166 valence electrons. The van der Waals surface area contributed by atoms with Crippen LogP contribution in [0.4, 0.5) is 11.4 Å². The smallest absolute Gasteiger partial charge is 0.266 e. The Morgan fingerprint density at radius 1 is 1.00 bits per heavy atom. The van der Waals surface area contributed by atoms with Gasteiger partial charge in [-0.2, -0.15) is 5.26 Å². The lowest BCUT2D eigenvalue weighted by Gasteiger charge is -2.10. The molecule has 0 fully saturated rings. The van der Waals surface area contributed by atoms with Crippen molar-refractivity contribution in [3.8, 4) is 11.8 Å². The summed E-state index contributed by atoms with van der Waals surface area (Å²) >= 11 is 12.1. The van der Waals surface area contributed by atoms with Crippen molar-refractivity contribution in [1.29, 1.82) is 5.26 Å². The van der Waals surface area contributed by atoms with Crippen LogP contribution in [0.15, 0.2) is 72.3 Å². The van der Waals surface area contributed by atoms with E-state index in [9.17, 15) is 14.9 Å². The second-order valence-electron chi connectivity index (χ2n) is 7.03. The molecule has 0 saturated carbocycles. The SMILES string of the molecule is Cc1cccc(NC(=O)/C(C#N)=C/c2ccc(OCC(=O)Nc3ccc(Cl)cc3)c(Cl)c2)c1. The number of nitrogens with one attached hydrogen (secondary N) is 2. The lowest BCUT2D eigenvalue weighted by atomic mass is 10.1. The summed E-state index contributed by atoms with van der Waals surface area (Å²) in [5.41, 5.74) is 2.63. The van der Waals surface area contributed by atoms with Crippen LogP contribution < -0.4 is 15.4 Å². The van der Waals surface area contributed by atoms with Crippen LogP contribution in [0.5, 0.6) is 5.75 Å². The summed E-state index contributed by atoms with van der Waals surface area (Å²) in [5, 5.41) is 15.6. The van der Waals surface area contributed by atoms with Gasteiger partial charge >= 0.3 is 0 Å². The van der Waals surface area contributed by atoms with Crippen LogP contribution >= 0.6 is 23.2 Å². The fourth-order valence-corrected chi connectivity index (χ4v) is 3.20. The fourth-order valence-electron chi connectivity index (χ4n) is 2.83. The number of rotatable bonds is 7. The number of hydrogen-bond donors (Lipinski definition) is 2. The monoisotopic (exact) mass is 479 g/mol. The van der Waals surface area contributed by atoms with E-state index in [2.05, 4.69) is 10.6 Å². The third-order valence-electron chi connectivity index (χ3n) is 4.39. The minimum absolute atomic E-state index is 0.0800. The van der Waals surface area contributed by atoms with Crippen molar-refractivity contribution < 1.29 is 14.3 Å². The number of nitrogens with zero attached hydrogens (tertiary/aromatic N) is 1. The molecule has 0 spiro atoms. The third-order valence-corrected chi connectivity index (χ3v) is 4.94. The average molecular weight is 480 g/mol. The minimum Gasteiger partial charge on any atom is -0.482 e. The summed E-state index contributed by atoms with van der Waals surface area (Å²) in [4.78, 5) is 24.5. The van der Waals surface area contributed by atoms with Crippen LogP contribution in [0.1, 0.15) is 11.1 Å². The molecule has 0 aliphatic carbocycles. The number of aryl methyl sites for hydroxylation is 1. The summed E-state index contributed by atoms with van der Waals surface area (Å²) in [6.07, 6.45) is 1.42. The molecular weight excluding hydrogens is 461 g/mol. The molecule has 0 radical (unpaired) electrons. The number of anilines is 2. The molecule has 0 bridgehead atoms. The zero-order valence-corrected chi connectivity index (χ0v) is 19.1. The molecule has 33 heavy (non-hydrogen) atoms. The van der Waals surface area contributed by atoms with Crippen molar-refractivity contribution in [1.82, 2.24) is 0 Å². The van der Waals surface area contributed by atoms with Crippen molar-refractivity contribution in [3.05, 3.63) is 93.5 Å². The maximum Gasteiger partial charge on any atom is 0.266 e. The molecular formula is C25H19Cl2N3O3. The first-order valence-electron chi connectivity index (χ1n) is 9.81. The van der Waals surface area contributed by atoms with Gasteiger partial charge in [-0.15, -0.1) is 0 Å². The van der Waals surface area contributed by atoms with Gasteiger partial charge in [0.05, 0.1) is 5.02 Å². The van der Waals surface area contributed by atoms with Gasteiger partial charge in [0, 0.05) is 16.4 Å². The van der Waals surface area contributed by atoms with E-state index in [4.69, 9.17) is 27.9 Å². The first-order chi connectivity index (χ1) is 15.8. The maximum absolute atomic E-state index is 12.4. The zero-order valence-electron chi connectivity index (χ0n) is 17.6. The molecule has 8 heteroatoms. The van der Waals surface area contributed by atoms with E-state index in [0.717, 1.165) is 5.56 Å². The summed E-state index contributed by atoms with van der Waals surface area (Å²) < 4.78 is 5.48. The van der Waals surface area contributed by atoms with Crippen LogP contribution in [0, 0.1) is 18.3 Å². The predicted molar refractivity (Wildman–Crippen MR) is 130 cm³/mol. The molecule has 2 N–H and O–H groups in total. The lowest BCUT2D eigenvalue weighted by molar-refractivity contribution is -0.118. The summed E-state index contributed by atoms with van der Waals surface area (Å²) in [5.74, 6) is -0.599. The molecule has 3 aromatic rings. The number of benzene rings is 3. The van der Waals surface area contributed by atoms with E-state index in [1.165, 1.54) is 6.08 Å². The summed E-state index contributed by atoms with van der Waals surface area (Å²) in [7, 11) is 0. The Kier molecular flexibility index (Phi) is 8.09. The molecule has 0 aliphatic rings. The number of nitriles is 1. The summed E-state index contributed by atoms with van der Waals surface area (Å²) in [6.45, 7) is 1.66. The van der Waals surface area contributed by atoms with Crippen molar-refractivity contribution in [2.24, 2.45) is 0 Å². The highest BCUT2D eigenvalue weighted by Gasteiger charge is 2.11. The Balaban J connectivity index is 1.63. The van der Waals surface area contributed by atoms with Crippen molar-refractivity contribution >= 4 is 52.5 Å². The van der Waals surface area contributed by atoms with E-state index in [0.29, 0.717) is 27.7 Å². The molecule has 0 saturated heterocycles. The highest BCUT2D eigenvalue weighted by Crippen LogP contribution is 2.27. The quantitative estimate of drug-likeness (QED) is 0.327. The second kappa shape index (κ2) is 11.2. The number of amides is 2. The van der Waals surface area contributed by atoms with Crippen LogP contribution in [-0.2, 0) is 9.59 Å². The van der Waals surface area contributed by atoms with Gasteiger partial charge in [-0.05, 0) is 72.7 Å². The van der Waals surface area contributed by atoms with E-state index >= 15 is 0 Å². The Hall–Kier alpha value is -3.79. The normalized spacial score (nSPS) is 10.8. The Labute approximate surface area is 201 Å². The fraction of sp³-hybridized carbons (Fsp3) is 0.0800. The minimum atomic E-state index is -0.529. The molecule has 0 unspecified atom stereocenters. The Morgan fingerprint density at radius 3 is 2.42 bits per heavy atom. The number of hydrogen-bond acceptors (Lipinski definition) is 4. The van der Waals surface area contributed by atoms with E-state index in [1.54, 1.807) is 54.6 Å².